The summed E-state index contributed by atoms with van der Waals surface area (Å²) in [4.78, 5) is 24.9. The molecule has 0 radical (unpaired) electrons. The molecule has 3 aromatic rings. The molecular formula is C20H15F4N5O3. The van der Waals surface area contributed by atoms with E-state index in [1.165, 1.54) is 24.7 Å². The van der Waals surface area contributed by atoms with Crippen molar-refractivity contribution < 1.29 is 31.8 Å². The number of carbonyl (C=O) groups excluding carboxylic acids is 1. The summed E-state index contributed by atoms with van der Waals surface area (Å²) in [6.07, 6.45) is -0.615. The highest BCUT2D eigenvalue weighted by Gasteiger charge is 2.43. The molecule has 0 spiro atoms. The maximum Gasteiger partial charge on any atom is 0.573 e. The molecular weight excluding hydrogens is 434 g/mol. The van der Waals surface area contributed by atoms with Crippen molar-refractivity contribution in [3.63, 3.8) is 0 Å². The van der Waals surface area contributed by atoms with Crippen molar-refractivity contribution in [3.8, 4) is 11.5 Å². The van der Waals surface area contributed by atoms with Crippen LogP contribution in [0.2, 0.25) is 0 Å². The number of benzene rings is 1. The van der Waals surface area contributed by atoms with Gasteiger partial charge in [0.15, 0.2) is 11.6 Å². The van der Waals surface area contributed by atoms with E-state index in [9.17, 15) is 22.4 Å². The maximum absolute atomic E-state index is 14.5. The fraction of sp³-hybridized carbons (Fsp3) is 0.200. The Balaban J connectivity index is 1.74. The number of aromatic nitrogens is 3. The SMILES string of the molecule is O=C(Nc1ncccn1)N[C@]1(c2ccc(OC(F)(F)F)c(F)c2)CCOc2cccnc21. The summed E-state index contributed by atoms with van der Waals surface area (Å²) in [5.74, 6) is -1.89. The smallest absolute Gasteiger partial charge is 0.491 e. The number of halogens is 4. The summed E-state index contributed by atoms with van der Waals surface area (Å²) < 4.78 is 61.4. The first-order chi connectivity index (χ1) is 15.3. The van der Waals surface area contributed by atoms with E-state index >= 15 is 0 Å². The van der Waals surface area contributed by atoms with Crippen molar-refractivity contribution in [2.24, 2.45) is 0 Å². The molecule has 12 heteroatoms. The lowest BCUT2D eigenvalue weighted by Crippen LogP contribution is -2.51. The topological polar surface area (TPSA) is 98.3 Å². The first kappa shape index (κ1) is 21.3. The molecule has 2 amide bonds. The van der Waals surface area contributed by atoms with Gasteiger partial charge in [0, 0.05) is 25.0 Å². The lowest BCUT2D eigenvalue weighted by Gasteiger charge is -2.38. The zero-order chi connectivity index (χ0) is 22.8. The van der Waals surface area contributed by atoms with E-state index in [1.807, 2.05) is 0 Å². The number of hydrogen-bond donors (Lipinski definition) is 2. The lowest BCUT2D eigenvalue weighted by atomic mass is 9.81. The molecule has 1 aromatic carbocycles. The average Bonchev–Trinajstić information content (AvgIpc) is 2.75. The Morgan fingerprint density at radius 2 is 1.84 bits per heavy atom. The molecule has 3 heterocycles. The standard InChI is InChI=1S/C20H15F4N5O3/c21-13-11-12(4-5-14(13)32-20(22,23)24)19(6-10-31-15-3-1-7-25-16(15)19)29-18(30)28-17-26-8-2-9-27-17/h1-5,7-9,11H,6,10H2,(H2,26,27,28,29,30)/t19-/m0/s1. The number of nitrogens with zero attached hydrogens (tertiary/aromatic N) is 3. The van der Waals surface area contributed by atoms with Crippen LogP contribution >= 0.6 is 0 Å². The van der Waals surface area contributed by atoms with Crippen molar-refractivity contribution in [3.05, 3.63) is 72.1 Å². The van der Waals surface area contributed by atoms with Crippen LogP contribution < -0.4 is 20.1 Å². The number of pyridine rings is 1. The summed E-state index contributed by atoms with van der Waals surface area (Å²) in [5.41, 5.74) is -0.998. The zero-order valence-corrected chi connectivity index (χ0v) is 16.2. The molecule has 0 aliphatic carbocycles. The van der Waals surface area contributed by atoms with E-state index in [4.69, 9.17) is 4.74 Å². The van der Waals surface area contributed by atoms with Gasteiger partial charge in [-0.1, -0.05) is 6.07 Å². The third kappa shape index (κ3) is 4.38. The van der Waals surface area contributed by atoms with E-state index in [0.29, 0.717) is 5.75 Å². The predicted molar refractivity (Wildman–Crippen MR) is 102 cm³/mol. The number of nitrogens with one attached hydrogen (secondary N) is 2. The Bertz CT molecular complexity index is 1130. The molecule has 32 heavy (non-hydrogen) atoms. The Kier molecular flexibility index (Phi) is 5.51. The number of fused-ring (bicyclic) bond motifs is 1. The maximum atomic E-state index is 14.5. The molecule has 0 fully saturated rings. The summed E-state index contributed by atoms with van der Waals surface area (Å²) in [6, 6.07) is 7.01. The number of alkyl halides is 3. The first-order valence-corrected chi connectivity index (χ1v) is 9.27. The second kappa shape index (κ2) is 8.29. The van der Waals surface area contributed by atoms with E-state index in [-0.39, 0.29) is 30.2 Å². The highest BCUT2D eigenvalue weighted by Crippen LogP contribution is 2.41. The minimum atomic E-state index is -5.05. The molecule has 0 bridgehead atoms. The van der Waals surface area contributed by atoms with Gasteiger partial charge >= 0.3 is 12.4 Å². The Labute approximate surface area is 178 Å². The summed E-state index contributed by atoms with van der Waals surface area (Å²) in [7, 11) is 0. The van der Waals surface area contributed by atoms with Crippen molar-refractivity contribution in [2.45, 2.75) is 18.3 Å². The third-order valence-corrected chi connectivity index (χ3v) is 4.68. The molecule has 1 atom stereocenters. The fourth-order valence-electron chi connectivity index (χ4n) is 3.40. The molecule has 8 nitrogen and oxygen atoms in total. The number of anilines is 1. The number of carbonyl (C=O) groups is 1. The van der Waals surface area contributed by atoms with Crippen LogP contribution in [-0.2, 0) is 5.54 Å². The van der Waals surface area contributed by atoms with Crippen molar-refractivity contribution in [1.29, 1.82) is 0 Å². The quantitative estimate of drug-likeness (QED) is 0.589. The van der Waals surface area contributed by atoms with Gasteiger partial charge in [0.25, 0.3) is 0 Å². The summed E-state index contributed by atoms with van der Waals surface area (Å²) in [6.45, 7) is 0.128. The van der Waals surface area contributed by atoms with Crippen LogP contribution in [0.15, 0.2) is 55.0 Å². The number of hydrogen-bond acceptors (Lipinski definition) is 6. The van der Waals surface area contributed by atoms with Crippen molar-refractivity contribution >= 4 is 12.0 Å². The molecule has 4 rings (SSSR count). The summed E-state index contributed by atoms with van der Waals surface area (Å²) in [5, 5.41) is 5.21. The Morgan fingerprint density at radius 3 is 2.56 bits per heavy atom. The first-order valence-electron chi connectivity index (χ1n) is 9.27. The largest absolute Gasteiger partial charge is 0.573 e. The van der Waals surface area contributed by atoms with Crippen LogP contribution in [0.4, 0.5) is 28.3 Å². The van der Waals surface area contributed by atoms with Gasteiger partial charge in [-0.05, 0) is 35.9 Å². The van der Waals surface area contributed by atoms with Crippen LogP contribution in [-0.4, -0.2) is 34.0 Å². The normalized spacial score (nSPS) is 17.6. The fourth-order valence-corrected chi connectivity index (χ4v) is 3.40. The minimum Gasteiger partial charge on any atom is -0.491 e. The molecule has 2 N–H and O–H groups in total. The second-order valence-electron chi connectivity index (χ2n) is 6.70. The van der Waals surface area contributed by atoms with Crippen molar-refractivity contribution in [2.75, 3.05) is 11.9 Å². The van der Waals surface area contributed by atoms with Gasteiger partial charge in [-0.2, -0.15) is 0 Å². The van der Waals surface area contributed by atoms with E-state index in [0.717, 1.165) is 12.1 Å². The third-order valence-electron chi connectivity index (χ3n) is 4.68. The van der Waals surface area contributed by atoms with E-state index < -0.39 is 29.5 Å². The molecule has 2 aromatic heterocycles. The average molecular weight is 449 g/mol. The van der Waals surface area contributed by atoms with Gasteiger partial charge in [0.1, 0.15) is 17.0 Å². The van der Waals surface area contributed by atoms with Gasteiger partial charge in [0.05, 0.1) is 6.61 Å². The minimum absolute atomic E-state index is 0.0218. The number of amides is 2. The zero-order valence-electron chi connectivity index (χ0n) is 16.2. The lowest BCUT2D eigenvalue weighted by molar-refractivity contribution is -0.275. The predicted octanol–water partition coefficient (Wildman–Crippen LogP) is 3.76. The van der Waals surface area contributed by atoms with Gasteiger partial charge < -0.3 is 14.8 Å². The summed E-state index contributed by atoms with van der Waals surface area (Å²) >= 11 is 0. The second-order valence-corrected chi connectivity index (χ2v) is 6.70. The van der Waals surface area contributed by atoms with E-state index in [1.54, 1.807) is 18.2 Å². The van der Waals surface area contributed by atoms with E-state index in [2.05, 4.69) is 30.3 Å². The van der Waals surface area contributed by atoms with Gasteiger partial charge in [-0.25, -0.2) is 19.2 Å². The molecule has 0 saturated carbocycles. The Hall–Kier alpha value is -3.96. The molecule has 0 saturated heterocycles. The Morgan fingerprint density at radius 1 is 1.09 bits per heavy atom. The van der Waals surface area contributed by atoms with Crippen LogP contribution in [0, 0.1) is 5.82 Å². The number of rotatable bonds is 4. The monoisotopic (exact) mass is 449 g/mol. The number of urea groups is 1. The molecule has 0 unspecified atom stereocenters. The van der Waals surface area contributed by atoms with Crippen LogP contribution in [0.5, 0.6) is 11.5 Å². The van der Waals surface area contributed by atoms with Crippen LogP contribution in [0.25, 0.3) is 0 Å². The van der Waals surface area contributed by atoms with Gasteiger partial charge in [-0.15, -0.1) is 13.2 Å². The molecule has 166 valence electrons. The van der Waals surface area contributed by atoms with Crippen molar-refractivity contribution in [1.82, 2.24) is 20.3 Å². The number of ether oxygens (including phenoxy) is 2. The molecule has 1 aliphatic rings. The highest BCUT2D eigenvalue weighted by molar-refractivity contribution is 5.88. The van der Waals surface area contributed by atoms with Crippen LogP contribution in [0.1, 0.15) is 17.7 Å². The van der Waals surface area contributed by atoms with Gasteiger partial charge in [0.2, 0.25) is 5.95 Å². The van der Waals surface area contributed by atoms with Gasteiger partial charge in [-0.3, -0.25) is 10.3 Å². The van der Waals surface area contributed by atoms with Crippen LogP contribution in [0.3, 0.4) is 0 Å². The molecule has 1 aliphatic heterocycles. The highest BCUT2D eigenvalue weighted by atomic mass is 19.4.